The van der Waals surface area contributed by atoms with Crippen LogP contribution < -0.4 is 5.32 Å². The molecule has 128 valence electrons. The maximum absolute atomic E-state index is 11.8. The van der Waals surface area contributed by atoms with Crippen molar-refractivity contribution in [3.05, 3.63) is 29.8 Å². The predicted octanol–water partition coefficient (Wildman–Crippen LogP) is 3.53. The van der Waals surface area contributed by atoms with Crippen LogP contribution in [0.25, 0.3) is 0 Å². The molecular weight excluding hydrogens is 310 g/mol. The first kappa shape index (κ1) is 19.6. The Morgan fingerprint density at radius 2 is 1.78 bits per heavy atom. The molecule has 1 aromatic rings. The number of esters is 1. The summed E-state index contributed by atoms with van der Waals surface area (Å²) in [5.41, 5.74) is 1.40. The van der Waals surface area contributed by atoms with E-state index >= 15 is 0 Å². The number of rotatable bonds is 7. The van der Waals surface area contributed by atoms with E-state index in [9.17, 15) is 9.59 Å². The van der Waals surface area contributed by atoms with Gasteiger partial charge in [-0.25, -0.2) is 0 Å². The molecule has 0 saturated heterocycles. The molecule has 1 N–H and O–H groups in total. The number of hydrogen-bond donors (Lipinski definition) is 1. The molecule has 23 heavy (non-hydrogen) atoms. The van der Waals surface area contributed by atoms with E-state index in [-0.39, 0.29) is 29.8 Å². The molecule has 0 radical (unpaired) electrons. The highest BCUT2D eigenvalue weighted by Crippen LogP contribution is 2.25. The third kappa shape index (κ3) is 8.07. The van der Waals surface area contributed by atoms with E-state index in [1.165, 1.54) is 17.3 Å². The molecule has 5 heteroatoms. The fraction of sp³-hybridized carbons (Fsp3) is 0.556. The second-order valence-corrected chi connectivity index (χ2v) is 7.75. The summed E-state index contributed by atoms with van der Waals surface area (Å²) in [4.78, 5) is 24.2. The van der Waals surface area contributed by atoms with Gasteiger partial charge in [0.15, 0.2) is 0 Å². The van der Waals surface area contributed by atoms with Crippen molar-refractivity contribution in [2.24, 2.45) is 0 Å². The van der Waals surface area contributed by atoms with Crippen molar-refractivity contribution in [1.82, 2.24) is 5.32 Å². The third-order valence-electron chi connectivity index (χ3n) is 3.11. The van der Waals surface area contributed by atoms with E-state index in [1.54, 1.807) is 13.8 Å². The number of benzene rings is 1. The normalized spacial score (nSPS) is 11.4. The van der Waals surface area contributed by atoms with E-state index in [0.717, 1.165) is 4.90 Å². The van der Waals surface area contributed by atoms with Crippen LogP contribution in [0.5, 0.6) is 0 Å². The van der Waals surface area contributed by atoms with Crippen LogP contribution in [0.15, 0.2) is 29.2 Å². The third-order valence-corrected chi connectivity index (χ3v) is 4.12. The molecular formula is C18H27NO3S. The first-order chi connectivity index (χ1) is 10.7. The summed E-state index contributed by atoms with van der Waals surface area (Å²) < 4.78 is 5.00. The van der Waals surface area contributed by atoms with Gasteiger partial charge in [0, 0.05) is 11.4 Å². The lowest BCUT2D eigenvalue weighted by Crippen LogP contribution is -2.28. The Labute approximate surface area is 143 Å². The molecule has 1 rings (SSSR count). The number of nitrogens with one attached hydrogen (secondary N) is 1. The Hall–Kier alpha value is -1.49. The van der Waals surface area contributed by atoms with Crippen molar-refractivity contribution in [2.75, 3.05) is 12.3 Å². The van der Waals surface area contributed by atoms with Crippen LogP contribution in [-0.2, 0) is 19.7 Å². The molecule has 0 atom stereocenters. The zero-order chi connectivity index (χ0) is 17.5. The lowest BCUT2D eigenvalue weighted by molar-refractivity contribution is -0.147. The monoisotopic (exact) mass is 337 g/mol. The summed E-state index contributed by atoms with van der Waals surface area (Å²) in [5, 5.41) is 2.73. The van der Waals surface area contributed by atoms with Gasteiger partial charge in [-0.1, -0.05) is 32.9 Å². The Bertz CT molecular complexity index is 518. The fourth-order valence-electron chi connectivity index (χ4n) is 1.88. The zero-order valence-corrected chi connectivity index (χ0v) is 15.5. The van der Waals surface area contributed by atoms with Gasteiger partial charge in [0.1, 0.15) is 0 Å². The zero-order valence-electron chi connectivity index (χ0n) is 14.6. The average molecular weight is 337 g/mol. The van der Waals surface area contributed by atoms with Crippen LogP contribution in [0.4, 0.5) is 0 Å². The Morgan fingerprint density at radius 3 is 2.30 bits per heavy atom. The average Bonchev–Trinajstić information content (AvgIpc) is 2.44. The maximum atomic E-state index is 11.8. The van der Waals surface area contributed by atoms with Crippen LogP contribution >= 0.6 is 11.8 Å². The quantitative estimate of drug-likeness (QED) is 0.611. The molecule has 0 aliphatic rings. The Balaban J connectivity index is 2.29. The molecule has 0 spiro atoms. The van der Waals surface area contributed by atoms with Gasteiger partial charge in [0.2, 0.25) is 5.91 Å². The predicted molar refractivity (Wildman–Crippen MR) is 94.7 cm³/mol. The fourth-order valence-corrected chi connectivity index (χ4v) is 2.61. The van der Waals surface area contributed by atoms with Gasteiger partial charge >= 0.3 is 5.97 Å². The number of amides is 1. The summed E-state index contributed by atoms with van der Waals surface area (Å²) in [6, 6.07) is 8.28. The van der Waals surface area contributed by atoms with Gasteiger partial charge in [-0.05, 0) is 37.0 Å². The van der Waals surface area contributed by atoms with Gasteiger partial charge in [-0.2, -0.15) is 0 Å². The van der Waals surface area contributed by atoms with Crippen molar-refractivity contribution in [3.63, 3.8) is 0 Å². The molecule has 0 bridgehead atoms. The highest BCUT2D eigenvalue weighted by Gasteiger charge is 2.13. The van der Waals surface area contributed by atoms with Crippen molar-refractivity contribution in [3.8, 4) is 0 Å². The molecule has 4 nitrogen and oxygen atoms in total. The highest BCUT2D eigenvalue weighted by molar-refractivity contribution is 8.00. The van der Waals surface area contributed by atoms with Gasteiger partial charge in [-0.15, -0.1) is 11.8 Å². The van der Waals surface area contributed by atoms with Gasteiger partial charge in [0.25, 0.3) is 0 Å². The maximum Gasteiger partial charge on any atom is 0.307 e. The molecule has 0 unspecified atom stereocenters. The molecule has 0 aliphatic heterocycles. The van der Waals surface area contributed by atoms with Crippen molar-refractivity contribution in [1.29, 1.82) is 0 Å². The summed E-state index contributed by atoms with van der Waals surface area (Å²) in [5.74, 6) is -0.0216. The number of hydrogen-bond acceptors (Lipinski definition) is 4. The van der Waals surface area contributed by atoms with E-state index in [2.05, 4.69) is 38.2 Å². The van der Waals surface area contributed by atoms with Crippen LogP contribution in [0, 0.1) is 0 Å². The summed E-state index contributed by atoms with van der Waals surface area (Å²) in [6.07, 6.45) is 0.0827. The number of carbonyl (C=O) groups is 2. The molecule has 0 fully saturated rings. The smallest absolute Gasteiger partial charge is 0.307 e. The van der Waals surface area contributed by atoms with Crippen LogP contribution in [0.2, 0.25) is 0 Å². The largest absolute Gasteiger partial charge is 0.463 e. The summed E-state index contributed by atoms with van der Waals surface area (Å²) in [7, 11) is 0. The van der Waals surface area contributed by atoms with E-state index in [1.807, 2.05) is 12.1 Å². The second kappa shape index (κ2) is 8.96. The van der Waals surface area contributed by atoms with Crippen molar-refractivity contribution < 1.29 is 14.3 Å². The van der Waals surface area contributed by atoms with Crippen molar-refractivity contribution in [2.45, 2.75) is 57.5 Å². The molecule has 1 amide bonds. The Kier molecular flexibility index (Phi) is 7.62. The first-order valence-corrected chi connectivity index (χ1v) is 8.86. The number of ether oxygens (including phenoxy) is 1. The van der Waals surface area contributed by atoms with Crippen LogP contribution in [-0.4, -0.2) is 30.3 Å². The summed E-state index contributed by atoms with van der Waals surface area (Å²) in [6.45, 7) is 10.4. The highest BCUT2D eigenvalue weighted by atomic mass is 32.2. The SMILES string of the molecule is CC(C)OC(=O)CCNC(=O)CSc1ccc(C(C)(C)C)cc1. The summed E-state index contributed by atoms with van der Waals surface area (Å²) >= 11 is 1.49. The minimum atomic E-state index is -0.286. The molecule has 0 saturated carbocycles. The van der Waals surface area contributed by atoms with E-state index in [4.69, 9.17) is 4.74 Å². The minimum Gasteiger partial charge on any atom is -0.463 e. The first-order valence-electron chi connectivity index (χ1n) is 7.88. The molecule has 0 heterocycles. The lowest BCUT2D eigenvalue weighted by atomic mass is 9.87. The van der Waals surface area contributed by atoms with Crippen LogP contribution in [0.1, 0.15) is 46.6 Å². The lowest BCUT2D eigenvalue weighted by Gasteiger charge is -2.19. The van der Waals surface area contributed by atoms with E-state index in [0.29, 0.717) is 12.3 Å². The topological polar surface area (TPSA) is 55.4 Å². The van der Waals surface area contributed by atoms with Crippen molar-refractivity contribution >= 4 is 23.6 Å². The molecule has 0 aliphatic carbocycles. The van der Waals surface area contributed by atoms with Gasteiger partial charge < -0.3 is 10.1 Å². The molecule has 1 aromatic carbocycles. The molecule has 0 aromatic heterocycles. The number of carbonyl (C=O) groups excluding carboxylic acids is 2. The van der Waals surface area contributed by atoms with E-state index < -0.39 is 0 Å². The van der Waals surface area contributed by atoms with Gasteiger partial charge in [-0.3, -0.25) is 9.59 Å². The Morgan fingerprint density at radius 1 is 1.17 bits per heavy atom. The van der Waals surface area contributed by atoms with Gasteiger partial charge in [0.05, 0.1) is 18.3 Å². The van der Waals surface area contributed by atoms with Crippen LogP contribution in [0.3, 0.4) is 0 Å². The second-order valence-electron chi connectivity index (χ2n) is 6.70. The standard InChI is InChI=1S/C18H27NO3S/c1-13(2)22-17(21)10-11-19-16(20)12-23-15-8-6-14(7-9-15)18(3,4)5/h6-9,13H,10-12H2,1-5H3,(H,19,20). The number of thioether (sulfide) groups is 1. The minimum absolute atomic E-state index is 0.0766.